The van der Waals surface area contributed by atoms with E-state index in [0.29, 0.717) is 29.2 Å². The van der Waals surface area contributed by atoms with Crippen molar-refractivity contribution < 1.29 is 28.6 Å². The van der Waals surface area contributed by atoms with E-state index in [-0.39, 0.29) is 17.9 Å². The minimum absolute atomic E-state index is 0.0480. The molecule has 1 aromatic heterocycles. The molecule has 172 valence electrons. The quantitative estimate of drug-likeness (QED) is 0.524. The number of aliphatic hydroxyl groups is 1. The number of aliphatic hydroxyl groups excluding tert-OH is 1. The summed E-state index contributed by atoms with van der Waals surface area (Å²) in [4.78, 5) is 30.1. The minimum Gasteiger partial charge on any atom is -0.503 e. The van der Waals surface area contributed by atoms with Crippen LogP contribution in [-0.4, -0.2) is 68.0 Å². The van der Waals surface area contributed by atoms with Gasteiger partial charge in [0.15, 0.2) is 23.0 Å². The van der Waals surface area contributed by atoms with Crippen LogP contribution in [0.25, 0.3) is 11.0 Å². The molecule has 0 saturated carbocycles. The highest BCUT2D eigenvalue weighted by Crippen LogP contribution is 2.45. The van der Waals surface area contributed by atoms with E-state index in [0.717, 1.165) is 5.39 Å². The molecule has 0 spiro atoms. The van der Waals surface area contributed by atoms with E-state index in [1.165, 1.54) is 19.1 Å². The summed E-state index contributed by atoms with van der Waals surface area (Å²) >= 11 is 0. The van der Waals surface area contributed by atoms with Crippen molar-refractivity contribution in [1.82, 2.24) is 9.80 Å². The van der Waals surface area contributed by atoms with Crippen molar-refractivity contribution in [1.29, 1.82) is 0 Å². The number of rotatable bonds is 8. The highest BCUT2D eigenvalue weighted by molar-refractivity contribution is 6.16. The molecule has 8 heteroatoms. The molecule has 0 fully saturated rings. The van der Waals surface area contributed by atoms with Crippen LogP contribution in [0.3, 0.4) is 0 Å². The van der Waals surface area contributed by atoms with Gasteiger partial charge in [-0.05, 0) is 32.3 Å². The SMILES string of the molecule is COc1cccc([C@@H]2C(C(=O)c3cc4ccccc4o3)=C(O)C(=O)N2CCN(C)C)c1OC. The van der Waals surface area contributed by atoms with E-state index in [4.69, 9.17) is 13.9 Å². The molecule has 1 aliphatic heterocycles. The first-order chi connectivity index (χ1) is 15.9. The van der Waals surface area contributed by atoms with Gasteiger partial charge in [-0.15, -0.1) is 0 Å². The Balaban J connectivity index is 1.86. The number of hydrogen-bond donors (Lipinski definition) is 1. The van der Waals surface area contributed by atoms with Gasteiger partial charge in [0.05, 0.1) is 25.8 Å². The van der Waals surface area contributed by atoms with Crippen molar-refractivity contribution in [2.24, 2.45) is 0 Å². The second-order valence-electron chi connectivity index (χ2n) is 8.03. The predicted molar refractivity (Wildman–Crippen MR) is 123 cm³/mol. The van der Waals surface area contributed by atoms with Crippen LogP contribution in [-0.2, 0) is 4.79 Å². The Morgan fingerprint density at radius 2 is 1.88 bits per heavy atom. The summed E-state index contributed by atoms with van der Waals surface area (Å²) in [6.45, 7) is 0.825. The molecule has 4 rings (SSSR count). The summed E-state index contributed by atoms with van der Waals surface area (Å²) in [7, 11) is 6.77. The van der Waals surface area contributed by atoms with Crippen LogP contribution in [0.4, 0.5) is 0 Å². The highest BCUT2D eigenvalue weighted by atomic mass is 16.5. The van der Waals surface area contributed by atoms with Crippen LogP contribution in [0.1, 0.15) is 22.2 Å². The molecule has 8 nitrogen and oxygen atoms in total. The molecule has 0 aliphatic carbocycles. The van der Waals surface area contributed by atoms with Gasteiger partial charge in [0, 0.05) is 24.0 Å². The highest BCUT2D eigenvalue weighted by Gasteiger charge is 2.45. The number of furan rings is 1. The van der Waals surface area contributed by atoms with Crippen molar-refractivity contribution in [2.75, 3.05) is 41.4 Å². The maximum absolute atomic E-state index is 13.6. The summed E-state index contributed by atoms with van der Waals surface area (Å²) in [5.74, 6) is -0.874. The fraction of sp³-hybridized carbons (Fsp3) is 0.280. The van der Waals surface area contributed by atoms with Gasteiger partial charge in [-0.2, -0.15) is 0 Å². The molecular formula is C25H26N2O6. The number of hydrogen-bond acceptors (Lipinski definition) is 7. The molecule has 0 unspecified atom stereocenters. The summed E-state index contributed by atoms with van der Waals surface area (Å²) in [6, 6.07) is 13.2. The second kappa shape index (κ2) is 8.99. The van der Waals surface area contributed by atoms with E-state index in [1.54, 1.807) is 30.3 Å². The Labute approximate surface area is 191 Å². The lowest BCUT2D eigenvalue weighted by atomic mass is 9.94. The van der Waals surface area contributed by atoms with Crippen LogP contribution in [0.2, 0.25) is 0 Å². The zero-order chi connectivity index (χ0) is 23.7. The third kappa shape index (κ3) is 3.93. The third-order valence-electron chi connectivity index (χ3n) is 5.71. The predicted octanol–water partition coefficient (Wildman–Crippen LogP) is 3.59. The van der Waals surface area contributed by atoms with Gasteiger partial charge in [-0.1, -0.05) is 30.3 Å². The number of nitrogens with zero attached hydrogens (tertiary/aromatic N) is 2. The number of fused-ring (bicyclic) bond motifs is 1. The van der Waals surface area contributed by atoms with Gasteiger partial charge < -0.3 is 28.8 Å². The average Bonchev–Trinajstić information content (AvgIpc) is 3.36. The smallest absolute Gasteiger partial charge is 0.290 e. The lowest BCUT2D eigenvalue weighted by Crippen LogP contribution is -2.36. The Morgan fingerprint density at radius 1 is 1.12 bits per heavy atom. The zero-order valence-electron chi connectivity index (χ0n) is 19.0. The van der Waals surface area contributed by atoms with Gasteiger partial charge in [-0.25, -0.2) is 0 Å². The van der Waals surface area contributed by atoms with Gasteiger partial charge in [0.1, 0.15) is 5.58 Å². The van der Waals surface area contributed by atoms with Crippen LogP contribution in [0.5, 0.6) is 11.5 Å². The van der Waals surface area contributed by atoms with Crippen LogP contribution in [0, 0.1) is 0 Å². The van der Waals surface area contributed by atoms with Crippen LogP contribution >= 0.6 is 0 Å². The molecular weight excluding hydrogens is 424 g/mol. The summed E-state index contributed by atoms with van der Waals surface area (Å²) in [5.41, 5.74) is 1.03. The lowest BCUT2D eigenvalue weighted by molar-refractivity contribution is -0.129. The number of carbonyl (C=O) groups is 2. The molecule has 0 bridgehead atoms. The van der Waals surface area contributed by atoms with Crippen LogP contribution < -0.4 is 9.47 Å². The average molecular weight is 450 g/mol. The van der Waals surface area contributed by atoms with Gasteiger partial charge in [0.25, 0.3) is 5.91 Å². The first-order valence-corrected chi connectivity index (χ1v) is 10.5. The monoisotopic (exact) mass is 450 g/mol. The van der Waals surface area contributed by atoms with E-state index < -0.39 is 23.5 Å². The number of Topliss-reactive ketones (excluding diaryl/α,β-unsaturated/α-hetero) is 1. The topological polar surface area (TPSA) is 92.5 Å². The van der Waals surface area contributed by atoms with Gasteiger partial charge in [-0.3, -0.25) is 9.59 Å². The Kier molecular flexibility index (Phi) is 6.11. The Hall–Kier alpha value is -3.78. The number of ether oxygens (including phenoxy) is 2. The summed E-state index contributed by atoms with van der Waals surface area (Å²) < 4.78 is 16.8. The standard InChI is InChI=1S/C25H26N2O6/c1-26(2)12-13-27-21(16-9-7-11-18(31-3)24(16)32-4)20(23(29)25(27)30)22(28)19-14-15-8-5-6-10-17(15)33-19/h5-11,14,21,29H,12-13H2,1-4H3/t21-/m1/s1. The lowest BCUT2D eigenvalue weighted by Gasteiger charge is -2.29. The van der Waals surface area contributed by atoms with Gasteiger partial charge in [0.2, 0.25) is 5.78 Å². The van der Waals surface area contributed by atoms with Crippen molar-refractivity contribution in [3.05, 3.63) is 71.2 Å². The molecule has 2 aromatic carbocycles. The second-order valence-corrected chi connectivity index (χ2v) is 8.03. The number of para-hydroxylation sites is 2. The number of ketones is 1. The molecule has 0 radical (unpaired) electrons. The number of methoxy groups -OCH3 is 2. The van der Waals surface area contributed by atoms with E-state index >= 15 is 0 Å². The Bertz CT molecular complexity index is 1210. The molecule has 1 atom stereocenters. The van der Waals surface area contributed by atoms with Gasteiger partial charge >= 0.3 is 0 Å². The fourth-order valence-electron chi connectivity index (χ4n) is 4.10. The Morgan fingerprint density at radius 3 is 2.55 bits per heavy atom. The molecule has 1 aliphatic rings. The van der Waals surface area contributed by atoms with E-state index in [9.17, 15) is 14.7 Å². The molecule has 0 saturated heterocycles. The first kappa shape index (κ1) is 22.4. The molecule has 1 amide bonds. The number of carbonyl (C=O) groups excluding carboxylic acids is 2. The summed E-state index contributed by atoms with van der Waals surface area (Å²) in [6.07, 6.45) is 0. The number of amides is 1. The van der Waals surface area contributed by atoms with E-state index in [2.05, 4.69) is 0 Å². The van der Waals surface area contributed by atoms with E-state index in [1.807, 2.05) is 37.2 Å². The van der Waals surface area contributed by atoms with Crippen molar-refractivity contribution in [3.8, 4) is 11.5 Å². The molecule has 3 aromatic rings. The van der Waals surface area contributed by atoms with Crippen molar-refractivity contribution >= 4 is 22.7 Å². The fourth-order valence-corrected chi connectivity index (χ4v) is 4.10. The van der Waals surface area contributed by atoms with Crippen molar-refractivity contribution in [3.63, 3.8) is 0 Å². The maximum atomic E-state index is 13.6. The molecule has 2 heterocycles. The zero-order valence-corrected chi connectivity index (χ0v) is 19.0. The minimum atomic E-state index is -0.872. The third-order valence-corrected chi connectivity index (χ3v) is 5.71. The normalized spacial score (nSPS) is 16.2. The van der Waals surface area contributed by atoms with Crippen LogP contribution in [0.15, 0.2) is 64.3 Å². The van der Waals surface area contributed by atoms with Crippen molar-refractivity contribution in [2.45, 2.75) is 6.04 Å². The molecule has 1 N–H and O–H groups in total. The number of likely N-dealkylation sites (N-methyl/N-ethyl adjacent to an activating group) is 1. The summed E-state index contributed by atoms with van der Waals surface area (Å²) in [5, 5.41) is 11.6. The largest absolute Gasteiger partial charge is 0.503 e. The number of benzene rings is 2. The molecule has 33 heavy (non-hydrogen) atoms. The first-order valence-electron chi connectivity index (χ1n) is 10.5. The maximum Gasteiger partial charge on any atom is 0.290 e.